The Morgan fingerprint density at radius 1 is 1.31 bits per heavy atom. The molecule has 26 heavy (non-hydrogen) atoms. The molecule has 1 aromatic carbocycles. The lowest BCUT2D eigenvalue weighted by atomic mass is 9.82. The topological polar surface area (TPSA) is 58.6 Å². The van der Waals surface area contributed by atoms with E-state index in [0.29, 0.717) is 25.3 Å². The van der Waals surface area contributed by atoms with Crippen molar-refractivity contribution in [1.82, 2.24) is 10.2 Å². The van der Waals surface area contributed by atoms with Gasteiger partial charge in [0.15, 0.2) is 0 Å². The molecule has 2 heterocycles. The van der Waals surface area contributed by atoms with Crippen molar-refractivity contribution < 1.29 is 14.3 Å². The van der Waals surface area contributed by atoms with Crippen LogP contribution in [0.5, 0.6) is 5.75 Å². The molecule has 0 bridgehead atoms. The first-order valence-electron chi connectivity index (χ1n) is 9.17. The number of alkyl halides is 1. The molecule has 1 N–H and O–H groups in total. The molecule has 2 aliphatic heterocycles. The standard InChI is InChI=1S/C20H27ClN2O3/c1-20(2,3)9-15-11-23(12-16(15)22-18(24)10-21)19(25)14-4-5-17-13(8-14)6-7-26-17/h4-5,8,15-16H,6-7,9-12H2,1-3H3,(H,22,24)/t15-,16-/m1/s1. The zero-order valence-electron chi connectivity index (χ0n) is 15.7. The molecule has 6 heteroatoms. The van der Waals surface area contributed by atoms with Gasteiger partial charge in [0, 0.05) is 25.1 Å². The van der Waals surface area contributed by atoms with E-state index >= 15 is 0 Å². The highest BCUT2D eigenvalue weighted by Gasteiger charge is 2.38. The van der Waals surface area contributed by atoms with Crippen LogP contribution in [0.3, 0.4) is 0 Å². The number of nitrogens with zero attached hydrogens (tertiary/aromatic N) is 1. The molecule has 0 aliphatic carbocycles. The van der Waals surface area contributed by atoms with Crippen molar-refractivity contribution in [3.05, 3.63) is 29.3 Å². The second kappa shape index (κ2) is 7.47. The Balaban J connectivity index is 1.75. The second-order valence-corrected chi connectivity index (χ2v) is 8.73. The van der Waals surface area contributed by atoms with Gasteiger partial charge in [-0.2, -0.15) is 0 Å². The molecule has 2 aliphatic rings. The fourth-order valence-corrected chi connectivity index (χ4v) is 4.02. The molecule has 1 aromatic rings. The Morgan fingerprint density at radius 3 is 2.77 bits per heavy atom. The number of hydrogen-bond acceptors (Lipinski definition) is 3. The average molecular weight is 379 g/mol. The molecular weight excluding hydrogens is 352 g/mol. The van der Waals surface area contributed by atoms with Crippen LogP contribution in [0.4, 0.5) is 0 Å². The van der Waals surface area contributed by atoms with Crippen LogP contribution in [-0.2, 0) is 11.2 Å². The summed E-state index contributed by atoms with van der Waals surface area (Å²) >= 11 is 5.66. The maximum atomic E-state index is 13.0. The highest BCUT2D eigenvalue weighted by molar-refractivity contribution is 6.27. The Labute approximate surface area is 160 Å². The zero-order valence-corrected chi connectivity index (χ0v) is 16.4. The molecule has 0 spiro atoms. The van der Waals surface area contributed by atoms with E-state index in [9.17, 15) is 9.59 Å². The van der Waals surface area contributed by atoms with E-state index in [1.54, 1.807) is 0 Å². The first-order valence-corrected chi connectivity index (χ1v) is 9.70. The van der Waals surface area contributed by atoms with Gasteiger partial charge in [-0.15, -0.1) is 11.6 Å². The van der Waals surface area contributed by atoms with Crippen LogP contribution in [0.1, 0.15) is 43.1 Å². The van der Waals surface area contributed by atoms with Gasteiger partial charge in [-0.25, -0.2) is 0 Å². The fraction of sp³-hybridized carbons (Fsp3) is 0.600. The number of nitrogens with one attached hydrogen (secondary N) is 1. The van der Waals surface area contributed by atoms with Crippen LogP contribution in [0.25, 0.3) is 0 Å². The lowest BCUT2D eigenvalue weighted by Crippen LogP contribution is -2.42. The molecule has 0 unspecified atom stereocenters. The van der Waals surface area contributed by atoms with Gasteiger partial charge in [-0.05, 0) is 41.5 Å². The molecule has 1 fully saturated rings. The third kappa shape index (κ3) is 4.32. The summed E-state index contributed by atoms with van der Waals surface area (Å²) in [4.78, 5) is 26.7. The lowest BCUT2D eigenvalue weighted by molar-refractivity contribution is -0.119. The number of benzene rings is 1. The molecule has 0 saturated carbocycles. The highest BCUT2D eigenvalue weighted by Crippen LogP contribution is 2.32. The number of amides is 2. The maximum Gasteiger partial charge on any atom is 0.253 e. The Bertz CT molecular complexity index is 699. The molecule has 2 atom stereocenters. The quantitative estimate of drug-likeness (QED) is 0.819. The summed E-state index contributed by atoms with van der Waals surface area (Å²) in [6.45, 7) is 8.39. The smallest absolute Gasteiger partial charge is 0.253 e. The minimum Gasteiger partial charge on any atom is -0.493 e. The second-order valence-electron chi connectivity index (χ2n) is 8.46. The maximum absolute atomic E-state index is 13.0. The molecule has 5 nitrogen and oxygen atoms in total. The Morgan fingerprint density at radius 2 is 2.08 bits per heavy atom. The lowest BCUT2D eigenvalue weighted by Gasteiger charge is -2.26. The van der Waals surface area contributed by atoms with Gasteiger partial charge >= 0.3 is 0 Å². The third-order valence-electron chi connectivity index (χ3n) is 5.01. The molecule has 0 aromatic heterocycles. The van der Waals surface area contributed by atoms with E-state index < -0.39 is 0 Å². The van der Waals surface area contributed by atoms with E-state index in [2.05, 4.69) is 26.1 Å². The van der Waals surface area contributed by atoms with E-state index in [0.717, 1.165) is 24.2 Å². The summed E-state index contributed by atoms with van der Waals surface area (Å²) in [6, 6.07) is 5.59. The van der Waals surface area contributed by atoms with Crippen molar-refractivity contribution in [2.75, 3.05) is 25.6 Å². The summed E-state index contributed by atoms with van der Waals surface area (Å²) in [6.07, 6.45) is 1.78. The van der Waals surface area contributed by atoms with Crippen molar-refractivity contribution in [3.8, 4) is 5.75 Å². The van der Waals surface area contributed by atoms with Gasteiger partial charge in [0.2, 0.25) is 5.91 Å². The summed E-state index contributed by atoms with van der Waals surface area (Å²) in [5, 5.41) is 2.99. The van der Waals surface area contributed by atoms with Gasteiger partial charge in [-0.3, -0.25) is 9.59 Å². The van der Waals surface area contributed by atoms with Crippen LogP contribution in [-0.4, -0.2) is 48.3 Å². The first kappa shape index (κ1) is 19.0. The van der Waals surface area contributed by atoms with Gasteiger partial charge in [0.25, 0.3) is 5.91 Å². The number of carbonyl (C=O) groups is 2. The van der Waals surface area contributed by atoms with Crippen LogP contribution < -0.4 is 10.1 Å². The van der Waals surface area contributed by atoms with Crippen molar-refractivity contribution >= 4 is 23.4 Å². The zero-order chi connectivity index (χ0) is 18.9. The summed E-state index contributed by atoms with van der Waals surface area (Å²) in [5.41, 5.74) is 1.90. The van der Waals surface area contributed by atoms with Crippen LogP contribution in [0, 0.1) is 11.3 Å². The van der Waals surface area contributed by atoms with Crippen LogP contribution in [0.2, 0.25) is 0 Å². The normalized spacial score (nSPS) is 22.1. The number of ether oxygens (including phenoxy) is 1. The molecule has 0 radical (unpaired) electrons. The molecule has 2 amide bonds. The number of halogens is 1. The third-order valence-corrected chi connectivity index (χ3v) is 5.25. The van der Waals surface area contributed by atoms with Crippen molar-refractivity contribution in [1.29, 1.82) is 0 Å². The summed E-state index contributed by atoms with van der Waals surface area (Å²) in [7, 11) is 0. The highest BCUT2D eigenvalue weighted by atomic mass is 35.5. The van der Waals surface area contributed by atoms with Gasteiger partial charge in [-0.1, -0.05) is 20.8 Å². The minimum atomic E-state index is -0.181. The Kier molecular flexibility index (Phi) is 5.47. The molecule has 1 saturated heterocycles. The molecular formula is C20H27ClN2O3. The van der Waals surface area contributed by atoms with Gasteiger partial charge in [0.1, 0.15) is 11.6 Å². The minimum absolute atomic E-state index is 0.0150. The SMILES string of the molecule is CC(C)(C)C[C@@H]1CN(C(=O)c2ccc3c(c2)CCO3)C[C@H]1NC(=O)CCl. The van der Waals surface area contributed by atoms with Crippen LogP contribution in [0.15, 0.2) is 18.2 Å². The van der Waals surface area contributed by atoms with Gasteiger partial charge in [0.05, 0.1) is 12.6 Å². The largest absolute Gasteiger partial charge is 0.493 e. The number of fused-ring (bicyclic) bond motifs is 1. The number of rotatable bonds is 4. The van der Waals surface area contributed by atoms with E-state index in [-0.39, 0.29) is 35.1 Å². The van der Waals surface area contributed by atoms with E-state index in [4.69, 9.17) is 16.3 Å². The predicted molar refractivity (Wildman–Crippen MR) is 102 cm³/mol. The monoisotopic (exact) mass is 378 g/mol. The fourth-order valence-electron chi connectivity index (χ4n) is 3.94. The van der Waals surface area contributed by atoms with Crippen molar-refractivity contribution in [2.45, 2.75) is 39.7 Å². The first-order chi connectivity index (χ1) is 12.3. The summed E-state index contributed by atoms with van der Waals surface area (Å²) < 4.78 is 5.52. The van der Waals surface area contributed by atoms with Crippen LogP contribution >= 0.6 is 11.6 Å². The van der Waals surface area contributed by atoms with E-state index in [1.807, 2.05) is 23.1 Å². The molecule has 142 valence electrons. The van der Waals surface area contributed by atoms with Crippen molar-refractivity contribution in [3.63, 3.8) is 0 Å². The van der Waals surface area contributed by atoms with Gasteiger partial charge < -0.3 is 15.0 Å². The van der Waals surface area contributed by atoms with Crippen molar-refractivity contribution in [2.24, 2.45) is 11.3 Å². The number of likely N-dealkylation sites (tertiary alicyclic amines) is 1. The Hall–Kier alpha value is -1.75. The summed E-state index contributed by atoms with van der Waals surface area (Å²) in [5.74, 6) is 0.878. The number of hydrogen-bond donors (Lipinski definition) is 1. The number of carbonyl (C=O) groups excluding carboxylic acids is 2. The molecule has 3 rings (SSSR count). The predicted octanol–water partition coefficient (Wildman–Crippen LogP) is 2.85. The average Bonchev–Trinajstić information content (AvgIpc) is 3.19. The van der Waals surface area contributed by atoms with E-state index in [1.165, 1.54) is 0 Å².